The zero-order valence-electron chi connectivity index (χ0n) is 13.8. The summed E-state index contributed by atoms with van der Waals surface area (Å²) in [7, 11) is 2.17. The maximum atomic E-state index is 3.66. The lowest BCUT2D eigenvalue weighted by Gasteiger charge is -2.33. The molecule has 1 aromatic rings. The van der Waals surface area contributed by atoms with Gasteiger partial charge in [0.2, 0.25) is 0 Å². The molecule has 0 radical (unpaired) electrons. The zero-order valence-corrected chi connectivity index (χ0v) is 14.6. The molecule has 1 heterocycles. The summed E-state index contributed by atoms with van der Waals surface area (Å²) >= 11 is 2.12. The molecule has 2 heteroatoms. The van der Waals surface area contributed by atoms with Crippen LogP contribution in [0.3, 0.4) is 0 Å². The van der Waals surface area contributed by atoms with Crippen LogP contribution < -0.4 is 5.32 Å². The highest BCUT2D eigenvalue weighted by molar-refractivity contribution is 7.12. The normalized spacial score (nSPS) is 27.9. The van der Waals surface area contributed by atoms with E-state index in [1.807, 2.05) is 0 Å². The van der Waals surface area contributed by atoms with Crippen LogP contribution in [0.15, 0.2) is 6.07 Å². The van der Waals surface area contributed by atoms with Gasteiger partial charge in [0.25, 0.3) is 0 Å². The largest absolute Gasteiger partial charge is 0.312 e. The van der Waals surface area contributed by atoms with Crippen molar-refractivity contribution >= 4 is 11.3 Å². The molecule has 118 valence electrons. The Morgan fingerprint density at radius 3 is 2.62 bits per heavy atom. The Labute approximate surface area is 134 Å². The number of aryl methyl sites for hydroxylation is 2. The lowest BCUT2D eigenvalue weighted by atomic mass is 9.77. The number of hydrogen-bond donors (Lipinski definition) is 1. The van der Waals surface area contributed by atoms with E-state index >= 15 is 0 Å². The fourth-order valence-electron chi connectivity index (χ4n) is 4.38. The summed E-state index contributed by atoms with van der Waals surface area (Å²) < 4.78 is 0. The second-order valence-corrected chi connectivity index (χ2v) is 8.28. The smallest absolute Gasteiger partial charge is 0.0441 e. The summed E-state index contributed by atoms with van der Waals surface area (Å²) in [6, 6.07) is 3.16. The van der Waals surface area contributed by atoms with Crippen molar-refractivity contribution in [3.63, 3.8) is 0 Å². The molecule has 0 aromatic carbocycles. The van der Waals surface area contributed by atoms with E-state index < -0.39 is 0 Å². The van der Waals surface area contributed by atoms with Crippen LogP contribution >= 0.6 is 11.3 Å². The number of hydrogen-bond acceptors (Lipinski definition) is 2. The quantitative estimate of drug-likeness (QED) is 0.725. The van der Waals surface area contributed by atoms with E-state index in [4.69, 9.17) is 0 Å². The summed E-state index contributed by atoms with van der Waals surface area (Å²) in [5.74, 6) is 1.86. The molecule has 21 heavy (non-hydrogen) atoms. The highest BCUT2D eigenvalue weighted by atomic mass is 32.1. The maximum Gasteiger partial charge on any atom is 0.0441 e. The number of thiophene rings is 1. The summed E-state index contributed by atoms with van der Waals surface area (Å²) in [6.45, 7) is 2.36. The topological polar surface area (TPSA) is 12.0 Å². The second kappa shape index (κ2) is 7.28. The van der Waals surface area contributed by atoms with Crippen LogP contribution in [0, 0.1) is 11.8 Å². The molecule has 0 saturated heterocycles. The first-order valence-corrected chi connectivity index (χ1v) is 9.92. The van der Waals surface area contributed by atoms with Crippen molar-refractivity contribution in [2.75, 3.05) is 7.05 Å². The molecule has 1 saturated carbocycles. The fourth-order valence-corrected chi connectivity index (χ4v) is 5.85. The van der Waals surface area contributed by atoms with Gasteiger partial charge in [-0.2, -0.15) is 0 Å². The first-order valence-electron chi connectivity index (χ1n) is 9.10. The van der Waals surface area contributed by atoms with Gasteiger partial charge in [0.15, 0.2) is 0 Å². The minimum absolute atomic E-state index is 0.611. The van der Waals surface area contributed by atoms with E-state index in [1.165, 1.54) is 64.2 Å². The van der Waals surface area contributed by atoms with Crippen molar-refractivity contribution in [3.05, 3.63) is 21.4 Å². The van der Waals surface area contributed by atoms with Crippen LogP contribution in [0.5, 0.6) is 0 Å². The van der Waals surface area contributed by atoms with E-state index in [2.05, 4.69) is 36.7 Å². The van der Waals surface area contributed by atoms with Crippen LogP contribution in [0.4, 0.5) is 0 Å². The molecule has 0 amide bonds. The zero-order chi connectivity index (χ0) is 14.7. The van der Waals surface area contributed by atoms with Crippen molar-refractivity contribution in [1.82, 2.24) is 5.32 Å². The predicted molar refractivity (Wildman–Crippen MR) is 93.1 cm³/mol. The minimum Gasteiger partial charge on any atom is -0.312 e. The molecule has 1 nitrogen and oxygen atoms in total. The van der Waals surface area contributed by atoms with Gasteiger partial charge in [-0.25, -0.2) is 0 Å². The van der Waals surface area contributed by atoms with Crippen molar-refractivity contribution < 1.29 is 0 Å². The molecule has 2 aliphatic carbocycles. The Balaban J connectivity index is 1.71. The van der Waals surface area contributed by atoms with Gasteiger partial charge in [-0.3, -0.25) is 0 Å². The number of rotatable bonds is 4. The third-order valence-electron chi connectivity index (χ3n) is 5.82. The van der Waals surface area contributed by atoms with Gasteiger partial charge in [0.1, 0.15) is 0 Å². The first kappa shape index (κ1) is 15.6. The third kappa shape index (κ3) is 3.53. The summed E-state index contributed by atoms with van der Waals surface area (Å²) in [5.41, 5.74) is 1.68. The Kier molecular flexibility index (Phi) is 5.39. The van der Waals surface area contributed by atoms with Crippen LogP contribution in [-0.4, -0.2) is 7.05 Å². The maximum absolute atomic E-state index is 3.66. The molecule has 2 aliphatic rings. The van der Waals surface area contributed by atoms with Gasteiger partial charge in [0, 0.05) is 15.8 Å². The average molecular weight is 306 g/mol. The van der Waals surface area contributed by atoms with E-state index in [0.717, 1.165) is 11.8 Å². The molecule has 0 spiro atoms. The Bertz CT molecular complexity index is 419. The highest BCUT2D eigenvalue weighted by Gasteiger charge is 2.28. The Hall–Kier alpha value is -0.340. The minimum atomic E-state index is 0.611. The molecule has 1 fully saturated rings. The van der Waals surface area contributed by atoms with Crippen molar-refractivity contribution in [1.29, 1.82) is 0 Å². The van der Waals surface area contributed by atoms with Crippen molar-refractivity contribution in [2.24, 2.45) is 11.8 Å². The molecule has 1 aromatic heterocycles. The standard InChI is InChI=1S/C19H31NS/c1-3-14-9-11-15(12-10-14)19(20-2)18-13-16-7-5-4-6-8-17(16)21-18/h13-15,19-20H,3-12H2,1-2H3. The fraction of sp³-hybridized carbons (Fsp3) is 0.789. The van der Waals surface area contributed by atoms with Crippen LogP contribution in [0.1, 0.15) is 79.6 Å². The summed E-state index contributed by atoms with van der Waals surface area (Å²) in [5, 5.41) is 3.66. The molecule has 1 unspecified atom stereocenters. The van der Waals surface area contributed by atoms with Gasteiger partial charge in [-0.1, -0.05) is 32.6 Å². The van der Waals surface area contributed by atoms with Gasteiger partial charge in [-0.05, 0) is 69.0 Å². The SMILES string of the molecule is CCC1CCC(C(NC)c2cc3c(s2)CCCCC3)CC1. The monoisotopic (exact) mass is 305 g/mol. The molecule has 1 atom stereocenters. The summed E-state index contributed by atoms with van der Waals surface area (Å²) in [6.07, 6.45) is 14.0. The predicted octanol–water partition coefficient (Wildman–Crippen LogP) is 5.49. The van der Waals surface area contributed by atoms with Crippen molar-refractivity contribution in [2.45, 2.75) is 77.2 Å². The first-order chi connectivity index (χ1) is 10.3. The molecule has 3 rings (SSSR count). The molecular formula is C19H31NS. The Morgan fingerprint density at radius 1 is 1.14 bits per heavy atom. The molecule has 1 N–H and O–H groups in total. The van der Waals surface area contributed by atoms with Gasteiger partial charge in [-0.15, -0.1) is 11.3 Å². The third-order valence-corrected chi connectivity index (χ3v) is 7.14. The number of fused-ring (bicyclic) bond motifs is 1. The van der Waals surface area contributed by atoms with Crippen LogP contribution in [0.25, 0.3) is 0 Å². The second-order valence-electron chi connectivity index (χ2n) is 7.11. The molecular weight excluding hydrogens is 274 g/mol. The van der Waals surface area contributed by atoms with E-state index in [0.29, 0.717) is 6.04 Å². The van der Waals surface area contributed by atoms with Crippen LogP contribution in [-0.2, 0) is 12.8 Å². The van der Waals surface area contributed by atoms with E-state index in [-0.39, 0.29) is 0 Å². The van der Waals surface area contributed by atoms with Gasteiger partial charge < -0.3 is 5.32 Å². The Morgan fingerprint density at radius 2 is 1.90 bits per heavy atom. The molecule has 0 bridgehead atoms. The van der Waals surface area contributed by atoms with Gasteiger partial charge >= 0.3 is 0 Å². The summed E-state index contributed by atoms with van der Waals surface area (Å²) in [4.78, 5) is 3.33. The lowest BCUT2D eigenvalue weighted by molar-refractivity contribution is 0.226. The van der Waals surface area contributed by atoms with Crippen LogP contribution in [0.2, 0.25) is 0 Å². The highest BCUT2D eigenvalue weighted by Crippen LogP contribution is 2.41. The van der Waals surface area contributed by atoms with E-state index in [1.54, 1.807) is 15.3 Å². The van der Waals surface area contributed by atoms with Gasteiger partial charge in [0.05, 0.1) is 0 Å². The molecule has 0 aliphatic heterocycles. The van der Waals surface area contributed by atoms with Crippen molar-refractivity contribution in [3.8, 4) is 0 Å². The number of nitrogens with one attached hydrogen (secondary N) is 1. The lowest BCUT2D eigenvalue weighted by Crippen LogP contribution is -2.28. The average Bonchev–Trinajstić information content (AvgIpc) is 2.79. The van der Waals surface area contributed by atoms with E-state index in [9.17, 15) is 0 Å².